The molecule has 0 spiro atoms. The summed E-state index contributed by atoms with van der Waals surface area (Å²) in [5.74, 6) is 0.231. The average Bonchev–Trinajstić information content (AvgIpc) is 2.99. The van der Waals surface area contributed by atoms with Crippen LogP contribution in [0.1, 0.15) is 10.4 Å². The third-order valence-electron chi connectivity index (χ3n) is 2.94. The maximum atomic E-state index is 12.2. The average molecular weight is 390 g/mol. The second-order valence-corrected chi connectivity index (χ2v) is 9.79. The van der Waals surface area contributed by atoms with Gasteiger partial charge < -0.3 is 0 Å². The number of Topliss-reactive ketones (excluding diaryl/α,β-unsaturated/α-hetero) is 1. The quantitative estimate of drug-likeness (QED) is 0.532. The highest BCUT2D eigenvalue weighted by atomic mass is 32.2. The molecule has 10 heteroatoms. The van der Waals surface area contributed by atoms with Crippen molar-refractivity contribution in [3.8, 4) is 0 Å². The second-order valence-electron chi connectivity index (χ2n) is 4.53. The summed E-state index contributed by atoms with van der Waals surface area (Å²) < 4.78 is 25.8. The molecule has 0 fully saturated rings. The Hall–Kier alpha value is -1.10. The van der Waals surface area contributed by atoms with Gasteiger partial charge in [-0.25, -0.2) is 8.42 Å². The first-order valence-corrected chi connectivity index (χ1v) is 11.3. The predicted octanol–water partition coefficient (Wildman–Crippen LogP) is 2.63. The minimum Gasteiger partial charge on any atom is -0.293 e. The molecule has 0 unspecified atom stereocenters. The molecule has 0 saturated heterocycles. The zero-order valence-electron chi connectivity index (χ0n) is 12.7. The van der Waals surface area contributed by atoms with Crippen LogP contribution < -0.4 is 4.31 Å². The lowest BCUT2D eigenvalue weighted by molar-refractivity contribution is 0.102. The van der Waals surface area contributed by atoms with Gasteiger partial charge in [-0.15, -0.1) is 10.2 Å². The van der Waals surface area contributed by atoms with Crippen LogP contribution >= 0.6 is 34.9 Å². The van der Waals surface area contributed by atoms with Crippen molar-refractivity contribution in [3.05, 3.63) is 29.8 Å². The van der Waals surface area contributed by atoms with Gasteiger partial charge in [-0.1, -0.05) is 34.9 Å². The number of nitrogens with zero attached hydrogens (tertiary/aromatic N) is 3. The Labute approximate surface area is 147 Å². The molecule has 2 rings (SSSR count). The highest BCUT2D eigenvalue weighted by molar-refractivity contribution is 8.03. The second kappa shape index (κ2) is 7.65. The summed E-state index contributed by atoms with van der Waals surface area (Å²) in [7, 11) is -1.83. The molecule has 6 nitrogen and oxygen atoms in total. The molecule has 0 aliphatic rings. The first-order chi connectivity index (χ1) is 10.8. The summed E-state index contributed by atoms with van der Waals surface area (Å²) in [6.07, 6.45) is 3.06. The van der Waals surface area contributed by atoms with Crippen molar-refractivity contribution in [2.45, 2.75) is 8.68 Å². The highest BCUT2D eigenvalue weighted by Crippen LogP contribution is 2.28. The minimum absolute atomic E-state index is 0.0375. The number of aromatic nitrogens is 2. The molecule has 1 heterocycles. The fourth-order valence-electron chi connectivity index (χ4n) is 1.60. The van der Waals surface area contributed by atoms with Crippen LogP contribution in [0.25, 0.3) is 0 Å². The number of anilines is 1. The molecule has 0 N–H and O–H groups in total. The van der Waals surface area contributed by atoms with Gasteiger partial charge in [0, 0.05) is 12.6 Å². The van der Waals surface area contributed by atoms with Gasteiger partial charge in [-0.3, -0.25) is 9.10 Å². The molecule has 0 atom stereocenters. The largest absolute Gasteiger partial charge is 0.293 e. The molecular formula is C13H15N3O3S4. The van der Waals surface area contributed by atoms with Gasteiger partial charge in [0.25, 0.3) is 0 Å². The molecule has 23 heavy (non-hydrogen) atoms. The molecule has 1 aromatic heterocycles. The molecular weight excluding hydrogens is 374 g/mol. The maximum Gasteiger partial charge on any atom is 0.231 e. The van der Waals surface area contributed by atoms with Crippen molar-refractivity contribution in [3.63, 3.8) is 0 Å². The Morgan fingerprint density at radius 2 is 1.83 bits per heavy atom. The lowest BCUT2D eigenvalue weighted by Gasteiger charge is -2.16. The van der Waals surface area contributed by atoms with Crippen LogP contribution in [0.3, 0.4) is 0 Å². The molecule has 0 bridgehead atoms. The normalized spacial score (nSPS) is 11.4. The van der Waals surface area contributed by atoms with Crippen molar-refractivity contribution in [2.24, 2.45) is 0 Å². The van der Waals surface area contributed by atoms with E-state index in [1.165, 1.54) is 46.2 Å². The van der Waals surface area contributed by atoms with Crippen molar-refractivity contribution < 1.29 is 13.2 Å². The minimum atomic E-state index is -3.31. The number of thioether (sulfide) groups is 2. The lowest BCUT2D eigenvalue weighted by Crippen LogP contribution is -2.24. The van der Waals surface area contributed by atoms with Crippen LogP contribution in [0.2, 0.25) is 0 Å². The summed E-state index contributed by atoms with van der Waals surface area (Å²) in [5, 5.41) is 7.98. The maximum absolute atomic E-state index is 12.2. The molecule has 124 valence electrons. The van der Waals surface area contributed by atoms with Crippen LogP contribution in [-0.4, -0.2) is 49.7 Å². The summed E-state index contributed by atoms with van der Waals surface area (Å²) in [5.41, 5.74) is 1.06. The Bertz CT molecular complexity index is 787. The third-order valence-corrected chi connectivity index (χ3v) is 7.18. The van der Waals surface area contributed by atoms with Crippen molar-refractivity contribution >= 4 is 56.4 Å². The number of benzene rings is 1. The molecule has 0 aliphatic carbocycles. The number of rotatable bonds is 7. The van der Waals surface area contributed by atoms with E-state index in [0.29, 0.717) is 11.3 Å². The molecule has 0 aliphatic heterocycles. The number of ketones is 1. The zero-order valence-corrected chi connectivity index (χ0v) is 16.0. The third kappa shape index (κ3) is 4.93. The van der Waals surface area contributed by atoms with Crippen LogP contribution in [0.5, 0.6) is 0 Å². The number of sulfonamides is 1. The zero-order chi connectivity index (χ0) is 17.0. The molecule has 0 amide bonds. The smallest absolute Gasteiger partial charge is 0.231 e. The van der Waals surface area contributed by atoms with Gasteiger partial charge in [-0.2, -0.15) is 0 Å². The fourth-order valence-corrected chi connectivity index (χ4v) is 4.43. The van der Waals surface area contributed by atoms with Crippen molar-refractivity contribution in [2.75, 3.05) is 29.6 Å². The monoisotopic (exact) mass is 389 g/mol. The van der Waals surface area contributed by atoms with E-state index in [0.717, 1.165) is 14.9 Å². The van der Waals surface area contributed by atoms with E-state index in [1.807, 2.05) is 6.26 Å². The standard InChI is InChI=1S/C13H15N3O3S4/c1-16(23(3,18)19)10-6-4-9(5-7-10)11(17)8-21-13-15-14-12(20-2)22-13/h4-7H,8H2,1-3H3. The number of carbonyl (C=O) groups is 1. The van der Waals surface area contributed by atoms with E-state index in [-0.39, 0.29) is 11.5 Å². The van der Waals surface area contributed by atoms with E-state index in [1.54, 1.807) is 24.3 Å². The molecule has 1 aromatic carbocycles. The topological polar surface area (TPSA) is 80.2 Å². The van der Waals surface area contributed by atoms with E-state index < -0.39 is 10.0 Å². The Morgan fingerprint density at radius 1 is 1.22 bits per heavy atom. The van der Waals surface area contributed by atoms with Gasteiger partial charge >= 0.3 is 0 Å². The number of carbonyl (C=O) groups excluding carboxylic acids is 1. The van der Waals surface area contributed by atoms with E-state index in [9.17, 15) is 13.2 Å². The number of hydrogen-bond acceptors (Lipinski definition) is 8. The summed E-state index contributed by atoms with van der Waals surface area (Å²) >= 11 is 4.33. The molecule has 0 radical (unpaired) electrons. The van der Waals surface area contributed by atoms with Crippen LogP contribution in [0, 0.1) is 0 Å². The van der Waals surface area contributed by atoms with E-state index in [2.05, 4.69) is 10.2 Å². The van der Waals surface area contributed by atoms with Gasteiger partial charge in [0.1, 0.15) is 0 Å². The van der Waals surface area contributed by atoms with Crippen LogP contribution in [-0.2, 0) is 10.0 Å². The summed E-state index contributed by atoms with van der Waals surface area (Å²) in [6.45, 7) is 0. The predicted molar refractivity (Wildman–Crippen MR) is 96.4 cm³/mol. The highest BCUT2D eigenvalue weighted by Gasteiger charge is 2.13. The summed E-state index contributed by atoms with van der Waals surface area (Å²) in [4.78, 5) is 12.2. The SMILES string of the molecule is CSc1nnc(SCC(=O)c2ccc(N(C)S(C)(=O)=O)cc2)s1. The van der Waals surface area contributed by atoms with Gasteiger partial charge in [0.15, 0.2) is 14.5 Å². The van der Waals surface area contributed by atoms with E-state index >= 15 is 0 Å². The first-order valence-electron chi connectivity index (χ1n) is 6.38. The fraction of sp³-hybridized carbons (Fsp3) is 0.308. The van der Waals surface area contributed by atoms with Gasteiger partial charge in [-0.05, 0) is 30.5 Å². The summed E-state index contributed by atoms with van der Waals surface area (Å²) in [6, 6.07) is 6.51. The number of hydrogen-bond donors (Lipinski definition) is 0. The molecule has 0 saturated carbocycles. The van der Waals surface area contributed by atoms with E-state index in [4.69, 9.17) is 0 Å². The molecule has 2 aromatic rings. The van der Waals surface area contributed by atoms with Gasteiger partial charge in [0.05, 0.1) is 17.7 Å². The van der Waals surface area contributed by atoms with Crippen LogP contribution in [0.4, 0.5) is 5.69 Å². The first kappa shape index (κ1) is 18.2. The lowest BCUT2D eigenvalue weighted by atomic mass is 10.1. The van der Waals surface area contributed by atoms with Crippen LogP contribution in [0.15, 0.2) is 32.9 Å². The van der Waals surface area contributed by atoms with Crippen molar-refractivity contribution in [1.82, 2.24) is 10.2 Å². The Kier molecular flexibility index (Phi) is 6.06. The Balaban J connectivity index is 2.00. The van der Waals surface area contributed by atoms with Gasteiger partial charge in [0.2, 0.25) is 10.0 Å². The van der Waals surface area contributed by atoms with Crippen molar-refractivity contribution in [1.29, 1.82) is 0 Å². The Morgan fingerprint density at radius 3 is 2.35 bits per heavy atom.